The van der Waals surface area contributed by atoms with Crippen molar-refractivity contribution in [3.63, 3.8) is 0 Å². The molecule has 0 amide bonds. The zero-order valence-corrected chi connectivity index (χ0v) is 9.88. The van der Waals surface area contributed by atoms with Crippen LogP contribution in [-0.2, 0) is 5.75 Å². The Kier molecular flexibility index (Phi) is 3.37. The lowest BCUT2D eigenvalue weighted by Crippen LogP contribution is -2.15. The van der Waals surface area contributed by atoms with Gasteiger partial charge in [0.2, 0.25) is 0 Å². The van der Waals surface area contributed by atoms with Crippen LogP contribution in [0.25, 0.3) is 0 Å². The molecule has 2 rings (SSSR count). The van der Waals surface area contributed by atoms with E-state index in [1.807, 2.05) is 12.3 Å². The minimum Gasteiger partial charge on any atom is -0.496 e. The van der Waals surface area contributed by atoms with E-state index in [9.17, 15) is 5.11 Å². The van der Waals surface area contributed by atoms with Crippen molar-refractivity contribution in [2.75, 3.05) is 0 Å². The van der Waals surface area contributed by atoms with Gasteiger partial charge in [-0.2, -0.15) is 4.99 Å². The SMILES string of the molecule is CC1CC(O)=NC(SCc2nccs2)=N1. The average molecular weight is 241 g/mol. The number of hydrogen-bond acceptors (Lipinski definition) is 5. The normalized spacial score (nSPS) is 21.0. The second-order valence-electron chi connectivity index (χ2n) is 3.21. The number of aliphatic imine (C=N–C) groups is 2. The molecule has 1 unspecified atom stereocenters. The van der Waals surface area contributed by atoms with Gasteiger partial charge in [0.1, 0.15) is 5.01 Å². The van der Waals surface area contributed by atoms with Crippen LogP contribution in [0.15, 0.2) is 21.6 Å². The van der Waals surface area contributed by atoms with Gasteiger partial charge in [-0.15, -0.1) is 11.3 Å². The molecule has 6 heteroatoms. The van der Waals surface area contributed by atoms with Crippen molar-refractivity contribution in [3.05, 3.63) is 16.6 Å². The second kappa shape index (κ2) is 4.76. The van der Waals surface area contributed by atoms with Gasteiger partial charge in [0.25, 0.3) is 0 Å². The molecular weight excluding hydrogens is 230 g/mol. The van der Waals surface area contributed by atoms with Crippen LogP contribution in [0.3, 0.4) is 0 Å². The molecule has 0 bridgehead atoms. The lowest BCUT2D eigenvalue weighted by Gasteiger charge is -2.12. The molecule has 0 fully saturated rings. The highest BCUT2D eigenvalue weighted by Crippen LogP contribution is 2.20. The third-order valence-electron chi connectivity index (χ3n) is 1.84. The fraction of sp³-hybridized carbons (Fsp3) is 0.444. The highest BCUT2D eigenvalue weighted by Gasteiger charge is 2.14. The maximum Gasteiger partial charge on any atom is 0.190 e. The van der Waals surface area contributed by atoms with E-state index in [2.05, 4.69) is 15.0 Å². The van der Waals surface area contributed by atoms with Crippen molar-refractivity contribution >= 4 is 34.2 Å². The number of aromatic nitrogens is 1. The van der Waals surface area contributed by atoms with Gasteiger partial charge in [-0.3, -0.25) is 4.99 Å². The molecule has 1 N–H and O–H groups in total. The fourth-order valence-corrected chi connectivity index (χ4v) is 2.80. The van der Waals surface area contributed by atoms with E-state index < -0.39 is 0 Å². The molecule has 0 spiro atoms. The first-order chi connectivity index (χ1) is 7.24. The lowest BCUT2D eigenvalue weighted by atomic mass is 10.2. The maximum atomic E-state index is 9.35. The zero-order valence-electron chi connectivity index (χ0n) is 8.25. The van der Waals surface area contributed by atoms with Crippen molar-refractivity contribution in [1.82, 2.24) is 4.98 Å². The van der Waals surface area contributed by atoms with Crippen LogP contribution in [0, 0.1) is 0 Å². The summed E-state index contributed by atoms with van der Waals surface area (Å²) in [6.07, 6.45) is 2.33. The quantitative estimate of drug-likeness (QED) is 0.865. The number of aliphatic hydroxyl groups excluding tert-OH is 1. The van der Waals surface area contributed by atoms with E-state index in [1.165, 1.54) is 11.8 Å². The molecular formula is C9H11N3OS2. The Morgan fingerprint density at radius 2 is 2.53 bits per heavy atom. The van der Waals surface area contributed by atoms with Crippen LogP contribution in [-0.4, -0.2) is 27.2 Å². The van der Waals surface area contributed by atoms with Crippen LogP contribution in [0.2, 0.25) is 0 Å². The molecule has 1 atom stereocenters. The summed E-state index contributed by atoms with van der Waals surface area (Å²) in [6, 6.07) is 0.126. The molecule has 1 aromatic heterocycles. The number of rotatable bonds is 2. The Balaban J connectivity index is 1.95. The summed E-state index contributed by atoms with van der Waals surface area (Å²) in [5.41, 5.74) is 0. The Morgan fingerprint density at radius 1 is 1.67 bits per heavy atom. The minimum absolute atomic E-state index is 0.126. The van der Waals surface area contributed by atoms with Gasteiger partial charge in [-0.05, 0) is 6.92 Å². The van der Waals surface area contributed by atoms with E-state index in [0.717, 1.165) is 10.8 Å². The van der Waals surface area contributed by atoms with E-state index in [1.54, 1.807) is 17.5 Å². The maximum absolute atomic E-state index is 9.35. The summed E-state index contributed by atoms with van der Waals surface area (Å²) in [7, 11) is 0. The van der Waals surface area contributed by atoms with Gasteiger partial charge in [0.15, 0.2) is 11.1 Å². The predicted octanol–water partition coefficient (Wildman–Crippen LogP) is 2.48. The van der Waals surface area contributed by atoms with Crippen LogP contribution < -0.4 is 0 Å². The Morgan fingerprint density at radius 3 is 3.20 bits per heavy atom. The lowest BCUT2D eigenvalue weighted by molar-refractivity contribution is 0.516. The Hall–Kier alpha value is -0.880. The number of nitrogens with zero attached hydrogens (tertiary/aromatic N) is 3. The van der Waals surface area contributed by atoms with Crippen molar-refractivity contribution in [2.24, 2.45) is 9.98 Å². The number of aliphatic hydroxyl groups is 1. The molecule has 15 heavy (non-hydrogen) atoms. The van der Waals surface area contributed by atoms with Gasteiger partial charge < -0.3 is 5.11 Å². The number of amidine groups is 1. The summed E-state index contributed by atoms with van der Waals surface area (Å²) < 4.78 is 0. The van der Waals surface area contributed by atoms with E-state index in [0.29, 0.717) is 11.6 Å². The molecule has 0 aromatic carbocycles. The standard InChI is InChI=1S/C9H11N3OS2/c1-6-4-7(13)12-9(11-6)15-5-8-10-2-3-14-8/h2-3,6H,4-5H2,1H3,(H,11,12,13). The molecule has 1 aliphatic rings. The molecule has 80 valence electrons. The zero-order chi connectivity index (χ0) is 10.7. The van der Waals surface area contributed by atoms with Crippen molar-refractivity contribution in [2.45, 2.75) is 25.1 Å². The topological polar surface area (TPSA) is 57.8 Å². The highest BCUT2D eigenvalue weighted by atomic mass is 32.2. The minimum atomic E-state index is 0.126. The summed E-state index contributed by atoms with van der Waals surface area (Å²) >= 11 is 3.13. The third kappa shape index (κ3) is 3.04. The summed E-state index contributed by atoms with van der Waals surface area (Å²) in [6.45, 7) is 1.97. The van der Waals surface area contributed by atoms with Crippen molar-refractivity contribution in [1.29, 1.82) is 0 Å². The van der Waals surface area contributed by atoms with Crippen LogP contribution in [0.1, 0.15) is 18.4 Å². The van der Waals surface area contributed by atoms with E-state index >= 15 is 0 Å². The highest BCUT2D eigenvalue weighted by molar-refractivity contribution is 8.13. The molecule has 1 aliphatic heterocycles. The first-order valence-electron chi connectivity index (χ1n) is 4.59. The van der Waals surface area contributed by atoms with Gasteiger partial charge in [0, 0.05) is 18.0 Å². The third-order valence-corrected chi connectivity index (χ3v) is 3.68. The van der Waals surface area contributed by atoms with Crippen LogP contribution in [0.5, 0.6) is 0 Å². The largest absolute Gasteiger partial charge is 0.496 e. The van der Waals surface area contributed by atoms with Gasteiger partial charge in [0.05, 0.1) is 11.8 Å². The first kappa shape index (κ1) is 10.6. The first-order valence-corrected chi connectivity index (χ1v) is 6.46. The molecule has 0 saturated carbocycles. The monoisotopic (exact) mass is 241 g/mol. The van der Waals surface area contributed by atoms with Crippen molar-refractivity contribution in [3.8, 4) is 0 Å². The van der Waals surface area contributed by atoms with Gasteiger partial charge in [-0.25, -0.2) is 4.98 Å². The average Bonchev–Trinajstić information content (AvgIpc) is 2.65. The second-order valence-corrected chi connectivity index (χ2v) is 5.13. The van der Waals surface area contributed by atoms with Crippen molar-refractivity contribution < 1.29 is 5.11 Å². The Labute approximate surface area is 96.2 Å². The van der Waals surface area contributed by atoms with E-state index in [-0.39, 0.29) is 11.9 Å². The fourth-order valence-electron chi connectivity index (χ4n) is 1.20. The van der Waals surface area contributed by atoms with Crippen LogP contribution in [0.4, 0.5) is 0 Å². The molecule has 2 heterocycles. The summed E-state index contributed by atoms with van der Waals surface area (Å²) in [5.74, 6) is 0.944. The van der Waals surface area contributed by atoms with Gasteiger partial charge >= 0.3 is 0 Å². The molecule has 4 nitrogen and oxygen atoms in total. The van der Waals surface area contributed by atoms with Crippen LogP contribution >= 0.6 is 23.1 Å². The molecule has 1 aromatic rings. The summed E-state index contributed by atoms with van der Waals surface area (Å²) in [4.78, 5) is 12.5. The number of hydrogen-bond donors (Lipinski definition) is 1. The predicted molar refractivity (Wildman–Crippen MR) is 65.0 cm³/mol. The van der Waals surface area contributed by atoms with Gasteiger partial charge in [-0.1, -0.05) is 11.8 Å². The number of thioether (sulfide) groups is 1. The smallest absolute Gasteiger partial charge is 0.190 e. The molecule has 0 aliphatic carbocycles. The number of thiazole rings is 1. The van der Waals surface area contributed by atoms with E-state index in [4.69, 9.17) is 0 Å². The Bertz CT molecular complexity index is 386. The summed E-state index contributed by atoms with van der Waals surface area (Å²) in [5, 5.41) is 13.0. The molecule has 0 saturated heterocycles. The molecule has 0 radical (unpaired) electrons.